The molecule has 0 saturated heterocycles. The molecule has 0 atom stereocenters. The first kappa shape index (κ1) is 59.8. The van der Waals surface area contributed by atoms with Crippen LogP contribution in [0.15, 0.2) is 308 Å². The molecule has 105 heavy (non-hydrogen) atoms. The van der Waals surface area contributed by atoms with E-state index in [0.717, 1.165) is 150 Å². The average Bonchev–Trinajstić information content (AvgIpc) is 0.799. The second-order valence-corrected chi connectivity index (χ2v) is 33.0. The highest BCUT2D eigenvalue weighted by Gasteiger charge is 2.45. The zero-order chi connectivity index (χ0) is 76.4. The van der Waals surface area contributed by atoms with Crippen LogP contribution in [0, 0.1) is 0 Å². The average molecular weight is 1360 g/mol. The van der Waals surface area contributed by atoms with Crippen LogP contribution in [-0.4, -0.2) is 11.3 Å². The standard InChI is InChI=1S/C100H86BN3O/c1-97(2,3)73-51-70(52-74(61-73)98(4,5)6)68-44-48-85-91(58-68)104(89-42-28-40-81-80-39-27-38-78(95(80)105-96(81)89)69-46-50-88-83(56-69)79-37-25-26-41-86(79)102(88)77-35-23-16-24-36-77)93-60-72(71-53-75(99(7,8)9)62-76(54-71)100(10,11)12)59-92-94(93)101(85)84-47-43-67(64-31-19-14-20-32-64)57-90(84)103(92)87-49-45-66(63-29-17-13-18-30-63)55-82(87)65-33-21-15-22-34-65/h13-62H,1-12H3/i14D,19D,20D,31D,32D. The number of furan rings is 1. The first-order valence-corrected chi connectivity index (χ1v) is 36.9. The Labute approximate surface area is 625 Å². The molecule has 0 bridgehead atoms. The Kier molecular flexibility index (Phi) is 14.0. The summed E-state index contributed by atoms with van der Waals surface area (Å²) >= 11 is 0. The van der Waals surface area contributed by atoms with Gasteiger partial charge in [-0.25, -0.2) is 0 Å². The van der Waals surface area contributed by atoms with E-state index in [4.69, 9.17) is 8.53 Å². The van der Waals surface area contributed by atoms with Crippen molar-refractivity contribution in [3.05, 3.63) is 325 Å². The van der Waals surface area contributed by atoms with Gasteiger partial charge in [0, 0.05) is 61.1 Å². The number of hydrogen-bond acceptors (Lipinski definition) is 3. The van der Waals surface area contributed by atoms with E-state index in [1.807, 2.05) is 6.07 Å². The summed E-state index contributed by atoms with van der Waals surface area (Å²) in [7, 11) is 0. The molecule has 0 fully saturated rings. The predicted octanol–water partition coefficient (Wildman–Crippen LogP) is 26.0. The van der Waals surface area contributed by atoms with Crippen LogP contribution in [0.3, 0.4) is 0 Å². The van der Waals surface area contributed by atoms with Crippen LogP contribution in [0.4, 0.5) is 34.1 Å². The molecule has 2 aromatic heterocycles. The first-order valence-electron chi connectivity index (χ1n) is 39.4. The molecule has 0 radical (unpaired) electrons. The lowest BCUT2D eigenvalue weighted by atomic mass is 9.33. The third-order valence-electron chi connectivity index (χ3n) is 22.0. The van der Waals surface area contributed by atoms with Crippen molar-refractivity contribution in [1.82, 2.24) is 4.57 Å². The number of rotatable bonds is 9. The summed E-state index contributed by atoms with van der Waals surface area (Å²) in [6, 6.07) is 98.2. The molecule has 0 spiro atoms. The van der Waals surface area contributed by atoms with Crippen molar-refractivity contribution in [2.45, 2.75) is 105 Å². The third-order valence-corrected chi connectivity index (χ3v) is 22.0. The van der Waals surface area contributed by atoms with E-state index in [9.17, 15) is 2.74 Å². The van der Waals surface area contributed by atoms with Gasteiger partial charge in [-0.15, -0.1) is 0 Å². The second kappa shape index (κ2) is 24.5. The minimum Gasteiger partial charge on any atom is -0.453 e. The van der Waals surface area contributed by atoms with Gasteiger partial charge in [0.15, 0.2) is 5.58 Å². The Morgan fingerprint density at radius 1 is 0.286 bits per heavy atom. The van der Waals surface area contributed by atoms with Crippen LogP contribution in [-0.2, 0) is 21.7 Å². The third kappa shape index (κ3) is 11.2. The summed E-state index contributed by atoms with van der Waals surface area (Å²) < 4.78 is 56.2. The normalized spacial score (nSPS) is 13.8. The molecular formula is C100H86BN3O. The van der Waals surface area contributed by atoms with Gasteiger partial charge in [0.1, 0.15) is 5.58 Å². The zero-order valence-electron chi connectivity index (χ0n) is 66.8. The Morgan fingerprint density at radius 3 is 1.34 bits per heavy atom. The van der Waals surface area contributed by atoms with Crippen molar-refractivity contribution >= 4 is 101 Å². The molecule has 18 rings (SSSR count). The molecule has 16 aromatic rings. The van der Waals surface area contributed by atoms with Gasteiger partial charge in [-0.2, -0.15) is 0 Å². The molecule has 5 heteroatoms. The van der Waals surface area contributed by atoms with Crippen LogP contribution in [0.5, 0.6) is 0 Å². The summed E-state index contributed by atoms with van der Waals surface area (Å²) in [5.74, 6) is 0. The fourth-order valence-corrected chi connectivity index (χ4v) is 16.3. The van der Waals surface area contributed by atoms with Crippen molar-refractivity contribution in [1.29, 1.82) is 0 Å². The number of fused-ring (bicyclic) bond motifs is 10. The Morgan fingerprint density at radius 2 is 0.743 bits per heavy atom. The van der Waals surface area contributed by atoms with Gasteiger partial charge < -0.3 is 18.8 Å². The van der Waals surface area contributed by atoms with Gasteiger partial charge in [0.25, 0.3) is 6.71 Å². The van der Waals surface area contributed by atoms with Gasteiger partial charge in [-0.05, 0) is 189 Å². The number of hydrogen-bond donors (Lipinski definition) is 0. The first-order chi connectivity index (χ1) is 52.7. The maximum absolute atomic E-state index is 9.57. The van der Waals surface area contributed by atoms with E-state index in [0.29, 0.717) is 5.56 Å². The molecular weight excluding hydrogens is 1270 g/mol. The Balaban J connectivity index is 0.972. The van der Waals surface area contributed by atoms with Crippen molar-refractivity contribution in [3.63, 3.8) is 0 Å². The van der Waals surface area contributed by atoms with Crippen LogP contribution < -0.4 is 26.2 Å². The molecule has 0 saturated carbocycles. The second-order valence-electron chi connectivity index (χ2n) is 33.0. The maximum atomic E-state index is 9.57. The van der Waals surface area contributed by atoms with Gasteiger partial charge in [0.2, 0.25) is 0 Å². The molecule has 4 heterocycles. The molecule has 4 nitrogen and oxygen atoms in total. The zero-order valence-corrected chi connectivity index (χ0v) is 61.8. The lowest BCUT2D eigenvalue weighted by Crippen LogP contribution is -2.61. The van der Waals surface area contributed by atoms with Crippen LogP contribution in [0.2, 0.25) is 0 Å². The minimum atomic E-state index is -0.434. The summed E-state index contributed by atoms with van der Waals surface area (Å²) in [5.41, 5.74) is 28.9. The summed E-state index contributed by atoms with van der Waals surface area (Å²) in [4.78, 5) is 4.94. The number of benzene rings is 14. The SMILES string of the molecule is [2H]c1c([2H])c([2H])c(-c2ccc3c(c2)N(c2ccc(-c4ccccc4)cc2-c2ccccc2)c2cc(-c4cc(C(C)(C)C)cc(C(C)(C)C)c4)cc4c2B3c2ccc(-c3cc(C(C)(C)C)cc(C(C)(C)C)c3)cc2N4c2cccc3c2oc2c(-c4ccc5c(c4)c4ccccc4n5-c4ccccc4)cccc23)c([2H])c1[2H]. The fourth-order valence-electron chi connectivity index (χ4n) is 16.3. The number of nitrogens with zero attached hydrogens (tertiary/aromatic N) is 3. The number of aromatic nitrogens is 1. The Hall–Kier alpha value is -11.7. The van der Waals surface area contributed by atoms with Crippen LogP contribution in [0.1, 0.15) is 112 Å². The molecule has 2 aliphatic rings. The highest BCUT2D eigenvalue weighted by Crippen LogP contribution is 2.53. The maximum Gasteiger partial charge on any atom is 0.252 e. The molecule has 14 aromatic carbocycles. The van der Waals surface area contributed by atoms with E-state index >= 15 is 0 Å². The highest BCUT2D eigenvalue weighted by atomic mass is 16.3. The summed E-state index contributed by atoms with van der Waals surface area (Å²) in [6.45, 7) is 27.2. The van der Waals surface area contributed by atoms with E-state index in [-0.39, 0.29) is 51.4 Å². The van der Waals surface area contributed by atoms with Crippen molar-refractivity contribution in [2.75, 3.05) is 9.80 Å². The number of para-hydroxylation sites is 4. The smallest absolute Gasteiger partial charge is 0.252 e. The molecule has 0 aliphatic carbocycles. The van der Waals surface area contributed by atoms with Crippen LogP contribution >= 0.6 is 0 Å². The lowest BCUT2D eigenvalue weighted by Gasteiger charge is -2.45. The van der Waals surface area contributed by atoms with Gasteiger partial charge in [-0.3, -0.25) is 0 Å². The van der Waals surface area contributed by atoms with Crippen molar-refractivity contribution in [3.8, 4) is 72.4 Å². The quantitative estimate of drug-likeness (QED) is 0.135. The van der Waals surface area contributed by atoms with E-state index in [1.165, 1.54) is 27.6 Å². The largest absolute Gasteiger partial charge is 0.453 e. The lowest BCUT2D eigenvalue weighted by molar-refractivity contribution is 0.568. The monoisotopic (exact) mass is 1360 g/mol. The molecule has 0 unspecified atom stereocenters. The summed E-state index contributed by atoms with van der Waals surface area (Å²) in [5, 5.41) is 4.33. The Bertz CT molecular complexity index is 6370. The predicted molar refractivity (Wildman–Crippen MR) is 449 cm³/mol. The van der Waals surface area contributed by atoms with Crippen LogP contribution in [0.25, 0.3) is 116 Å². The fraction of sp³-hybridized carbons (Fsp3) is 0.160. The van der Waals surface area contributed by atoms with E-state index in [1.54, 1.807) is 0 Å². The van der Waals surface area contributed by atoms with Crippen molar-refractivity contribution < 1.29 is 11.3 Å². The van der Waals surface area contributed by atoms with Crippen molar-refractivity contribution in [2.24, 2.45) is 0 Å². The molecule has 0 amide bonds. The van der Waals surface area contributed by atoms with E-state index in [2.05, 4.69) is 364 Å². The molecule has 0 N–H and O–H groups in total. The van der Waals surface area contributed by atoms with E-state index < -0.39 is 12.8 Å². The topological polar surface area (TPSA) is 24.6 Å². The summed E-state index contributed by atoms with van der Waals surface area (Å²) in [6.07, 6.45) is 0. The highest BCUT2D eigenvalue weighted by molar-refractivity contribution is 7.00. The molecule has 510 valence electrons. The van der Waals surface area contributed by atoms with Gasteiger partial charge >= 0.3 is 0 Å². The van der Waals surface area contributed by atoms with Gasteiger partial charge in [0.05, 0.1) is 29.3 Å². The van der Waals surface area contributed by atoms with Gasteiger partial charge in [-0.1, -0.05) is 313 Å². The molecule has 2 aliphatic heterocycles. The minimum absolute atomic E-state index is 0.140. The number of anilines is 6.